The Hall–Kier alpha value is -2.50. The summed E-state index contributed by atoms with van der Waals surface area (Å²) in [5, 5.41) is 2.65. The minimum absolute atomic E-state index is 0.167. The number of H-pyrrole nitrogens is 1. The van der Waals surface area contributed by atoms with Gasteiger partial charge in [0.05, 0.1) is 18.4 Å². The fourth-order valence-corrected chi connectivity index (χ4v) is 1.23. The molecule has 6 heteroatoms. The number of pyridine rings is 1. The lowest BCUT2D eigenvalue weighted by Gasteiger charge is -2.03. The zero-order valence-corrected chi connectivity index (χ0v) is 8.88. The van der Waals surface area contributed by atoms with Crippen molar-refractivity contribution in [3.8, 4) is 0 Å². The maximum Gasteiger partial charge on any atom is 0.271 e. The molecule has 1 amide bonds. The first kappa shape index (κ1) is 11.0. The summed E-state index contributed by atoms with van der Waals surface area (Å²) in [6.07, 6.45) is 3.99. The van der Waals surface area contributed by atoms with E-state index < -0.39 is 0 Å². The Morgan fingerprint density at radius 1 is 1.35 bits per heavy atom. The number of amides is 1. The third-order valence-electron chi connectivity index (χ3n) is 2.06. The van der Waals surface area contributed by atoms with E-state index in [9.17, 15) is 9.59 Å². The zero-order valence-electron chi connectivity index (χ0n) is 8.88. The fraction of sp³-hybridized carbons (Fsp3) is 0.0909. The van der Waals surface area contributed by atoms with Crippen LogP contribution in [0.2, 0.25) is 0 Å². The van der Waals surface area contributed by atoms with E-state index in [2.05, 4.69) is 20.3 Å². The lowest BCUT2D eigenvalue weighted by atomic mass is 10.3. The van der Waals surface area contributed by atoms with E-state index >= 15 is 0 Å². The molecular weight excluding hydrogens is 220 g/mol. The van der Waals surface area contributed by atoms with Crippen molar-refractivity contribution in [2.75, 3.05) is 0 Å². The first-order valence-electron chi connectivity index (χ1n) is 4.98. The maximum atomic E-state index is 11.6. The molecule has 17 heavy (non-hydrogen) atoms. The summed E-state index contributed by atoms with van der Waals surface area (Å²) in [4.78, 5) is 32.5. The van der Waals surface area contributed by atoms with E-state index in [0.29, 0.717) is 6.54 Å². The van der Waals surface area contributed by atoms with Crippen LogP contribution in [0.4, 0.5) is 0 Å². The molecule has 2 aromatic heterocycles. The lowest BCUT2D eigenvalue weighted by Crippen LogP contribution is -2.25. The summed E-state index contributed by atoms with van der Waals surface area (Å²) in [6.45, 7) is 0.320. The van der Waals surface area contributed by atoms with Crippen LogP contribution in [-0.2, 0) is 6.54 Å². The average molecular weight is 230 g/mol. The third-order valence-corrected chi connectivity index (χ3v) is 2.06. The van der Waals surface area contributed by atoms with Crippen LogP contribution in [0.1, 0.15) is 16.2 Å². The van der Waals surface area contributed by atoms with Gasteiger partial charge in [-0.2, -0.15) is 0 Å². The molecule has 0 bridgehead atoms. The topological polar surface area (TPSA) is 87.7 Å². The fourth-order valence-electron chi connectivity index (χ4n) is 1.23. The van der Waals surface area contributed by atoms with Gasteiger partial charge in [0.15, 0.2) is 0 Å². The number of aromatic amines is 1. The zero-order chi connectivity index (χ0) is 12.1. The molecule has 2 N–H and O–H groups in total. The van der Waals surface area contributed by atoms with E-state index in [1.807, 2.05) is 6.07 Å². The van der Waals surface area contributed by atoms with Gasteiger partial charge < -0.3 is 10.3 Å². The highest BCUT2D eigenvalue weighted by atomic mass is 16.2. The van der Waals surface area contributed by atoms with Crippen LogP contribution >= 0.6 is 0 Å². The molecule has 0 spiro atoms. The van der Waals surface area contributed by atoms with Crippen molar-refractivity contribution in [3.05, 3.63) is 58.5 Å². The van der Waals surface area contributed by atoms with E-state index in [4.69, 9.17) is 0 Å². The number of hydrogen-bond acceptors (Lipinski definition) is 4. The second-order valence-electron chi connectivity index (χ2n) is 3.30. The number of nitrogens with one attached hydrogen (secondary N) is 2. The molecule has 0 aliphatic heterocycles. The van der Waals surface area contributed by atoms with Gasteiger partial charge in [-0.25, -0.2) is 4.98 Å². The number of aromatic nitrogens is 3. The molecular formula is C11H10N4O2. The second kappa shape index (κ2) is 5.02. The average Bonchev–Trinajstić information content (AvgIpc) is 2.38. The van der Waals surface area contributed by atoms with Crippen LogP contribution in [0, 0.1) is 0 Å². The first-order chi connectivity index (χ1) is 8.25. The summed E-state index contributed by atoms with van der Waals surface area (Å²) < 4.78 is 0. The summed E-state index contributed by atoms with van der Waals surface area (Å²) in [5.74, 6) is -0.355. The molecule has 0 aliphatic carbocycles. The summed E-state index contributed by atoms with van der Waals surface area (Å²) in [6, 6.07) is 5.45. The number of hydrogen-bond donors (Lipinski definition) is 2. The van der Waals surface area contributed by atoms with E-state index in [-0.39, 0.29) is 17.2 Å². The Bertz CT molecular complexity index is 545. The molecule has 6 nitrogen and oxygen atoms in total. The second-order valence-corrected chi connectivity index (χ2v) is 3.30. The lowest BCUT2D eigenvalue weighted by molar-refractivity contribution is 0.0945. The number of nitrogens with zero attached hydrogens (tertiary/aromatic N) is 2. The van der Waals surface area contributed by atoms with E-state index in [1.54, 1.807) is 18.3 Å². The Balaban J connectivity index is 1.98. The quantitative estimate of drug-likeness (QED) is 0.782. The number of carbonyl (C=O) groups is 1. The van der Waals surface area contributed by atoms with Gasteiger partial charge in [0.25, 0.3) is 11.5 Å². The van der Waals surface area contributed by atoms with Gasteiger partial charge in [0.1, 0.15) is 5.69 Å². The van der Waals surface area contributed by atoms with Crippen LogP contribution in [0.3, 0.4) is 0 Å². The van der Waals surface area contributed by atoms with Crippen molar-refractivity contribution in [1.29, 1.82) is 0 Å². The number of carbonyl (C=O) groups excluding carboxylic acids is 1. The molecule has 86 valence electrons. The molecule has 0 fully saturated rings. The minimum Gasteiger partial charge on any atom is -0.345 e. The van der Waals surface area contributed by atoms with Gasteiger partial charge in [0.2, 0.25) is 0 Å². The van der Waals surface area contributed by atoms with Gasteiger partial charge in [-0.05, 0) is 12.1 Å². The normalized spacial score (nSPS) is 9.88. The number of rotatable bonds is 3. The van der Waals surface area contributed by atoms with E-state index in [0.717, 1.165) is 11.9 Å². The van der Waals surface area contributed by atoms with Crippen LogP contribution < -0.4 is 10.9 Å². The molecule has 0 radical (unpaired) electrons. The van der Waals surface area contributed by atoms with Gasteiger partial charge >= 0.3 is 0 Å². The highest BCUT2D eigenvalue weighted by Gasteiger charge is 2.06. The Morgan fingerprint density at radius 3 is 2.88 bits per heavy atom. The van der Waals surface area contributed by atoms with Gasteiger partial charge in [-0.3, -0.25) is 14.6 Å². The summed E-state index contributed by atoms with van der Waals surface area (Å²) in [7, 11) is 0. The predicted molar refractivity (Wildman–Crippen MR) is 60.3 cm³/mol. The smallest absolute Gasteiger partial charge is 0.271 e. The van der Waals surface area contributed by atoms with Gasteiger partial charge in [-0.15, -0.1) is 0 Å². The summed E-state index contributed by atoms with van der Waals surface area (Å²) >= 11 is 0. The van der Waals surface area contributed by atoms with Crippen molar-refractivity contribution in [2.45, 2.75) is 6.54 Å². The van der Waals surface area contributed by atoms with Gasteiger partial charge in [-0.1, -0.05) is 6.07 Å². The highest BCUT2D eigenvalue weighted by Crippen LogP contribution is 1.94. The predicted octanol–water partition coefficient (Wildman–Crippen LogP) is 0.0949. The summed E-state index contributed by atoms with van der Waals surface area (Å²) in [5.41, 5.74) is 0.581. The molecule has 0 atom stereocenters. The Kier molecular flexibility index (Phi) is 3.25. The van der Waals surface area contributed by atoms with Crippen LogP contribution in [0.5, 0.6) is 0 Å². The van der Waals surface area contributed by atoms with E-state index in [1.165, 1.54) is 6.20 Å². The van der Waals surface area contributed by atoms with Crippen LogP contribution in [0.15, 0.2) is 41.6 Å². The monoisotopic (exact) mass is 230 g/mol. The van der Waals surface area contributed by atoms with Crippen molar-refractivity contribution in [1.82, 2.24) is 20.3 Å². The molecule has 0 aromatic carbocycles. The third kappa shape index (κ3) is 2.97. The maximum absolute atomic E-state index is 11.6. The molecule has 2 rings (SSSR count). The van der Waals surface area contributed by atoms with Crippen molar-refractivity contribution >= 4 is 5.91 Å². The Labute approximate surface area is 96.8 Å². The minimum atomic E-state index is -0.355. The SMILES string of the molecule is O=C(NCc1ccccn1)c1c[nH]c(=O)cn1. The van der Waals surface area contributed by atoms with Crippen LogP contribution in [-0.4, -0.2) is 20.9 Å². The standard InChI is InChI=1S/C11H10N4O2/c16-10-7-13-9(6-14-10)11(17)15-5-8-3-1-2-4-12-8/h1-4,6-7H,5H2,(H,14,16)(H,15,17). The Morgan fingerprint density at radius 2 is 2.24 bits per heavy atom. The van der Waals surface area contributed by atoms with Crippen LogP contribution in [0.25, 0.3) is 0 Å². The molecule has 2 aromatic rings. The molecule has 0 saturated heterocycles. The molecule has 0 saturated carbocycles. The molecule has 0 aliphatic rings. The molecule has 0 unspecified atom stereocenters. The first-order valence-corrected chi connectivity index (χ1v) is 4.98. The van der Waals surface area contributed by atoms with Crippen molar-refractivity contribution < 1.29 is 4.79 Å². The largest absolute Gasteiger partial charge is 0.345 e. The highest BCUT2D eigenvalue weighted by molar-refractivity contribution is 5.91. The van der Waals surface area contributed by atoms with Crippen molar-refractivity contribution in [2.24, 2.45) is 0 Å². The molecule has 2 heterocycles. The van der Waals surface area contributed by atoms with Crippen molar-refractivity contribution in [3.63, 3.8) is 0 Å². The van der Waals surface area contributed by atoms with Gasteiger partial charge in [0, 0.05) is 12.4 Å².